The second-order valence-corrected chi connectivity index (χ2v) is 7.13. The summed E-state index contributed by atoms with van der Waals surface area (Å²) in [6, 6.07) is 0.865. The molecule has 0 bridgehead atoms. The minimum atomic E-state index is 0.372. The molecule has 2 rings (SSSR count). The van der Waals surface area contributed by atoms with Gasteiger partial charge >= 0.3 is 0 Å². The van der Waals surface area contributed by atoms with E-state index in [1.54, 1.807) is 0 Å². The molecule has 2 aliphatic heterocycles. The molecule has 0 aliphatic carbocycles. The quantitative estimate of drug-likeness (QED) is 0.354. The molecule has 2 fully saturated rings. The molecule has 14 heavy (non-hydrogen) atoms. The Morgan fingerprint density at radius 1 is 1.14 bits per heavy atom. The molecule has 0 aromatic rings. The Hall–Kier alpha value is 0.440. The third-order valence-corrected chi connectivity index (χ3v) is 5.74. The number of hydrogen-bond donors (Lipinski definition) is 0. The summed E-state index contributed by atoms with van der Waals surface area (Å²) in [4.78, 5) is 0. The fraction of sp³-hybridized carbons (Fsp3) is 1.00. The third kappa shape index (κ3) is 1.55. The lowest BCUT2D eigenvalue weighted by Crippen LogP contribution is -2.60. The maximum atomic E-state index is 4.01. The average molecular weight is 261 g/mol. The Morgan fingerprint density at radius 3 is 2.50 bits per heavy atom. The van der Waals surface area contributed by atoms with Gasteiger partial charge in [0.05, 0.1) is 19.1 Å². The van der Waals surface area contributed by atoms with Gasteiger partial charge < -0.3 is 4.48 Å². The highest BCUT2D eigenvalue weighted by Gasteiger charge is 2.52. The molecule has 0 radical (unpaired) electrons. The van der Waals surface area contributed by atoms with Crippen LogP contribution in [0.4, 0.5) is 0 Å². The van der Waals surface area contributed by atoms with Gasteiger partial charge in [0.2, 0.25) is 0 Å². The van der Waals surface area contributed by atoms with Crippen LogP contribution in [0.2, 0.25) is 0 Å². The normalized spacial score (nSPS) is 49.5. The van der Waals surface area contributed by atoms with E-state index in [0.29, 0.717) is 4.45 Å². The Morgan fingerprint density at radius 2 is 1.86 bits per heavy atom. The van der Waals surface area contributed by atoms with Crippen LogP contribution < -0.4 is 0 Å². The van der Waals surface area contributed by atoms with Gasteiger partial charge in [-0.05, 0) is 48.5 Å². The van der Waals surface area contributed by atoms with Crippen molar-refractivity contribution < 1.29 is 4.48 Å². The molecule has 1 nitrogen and oxygen atoms in total. The van der Waals surface area contributed by atoms with E-state index >= 15 is 0 Å². The molecule has 2 aliphatic rings. The van der Waals surface area contributed by atoms with Crippen LogP contribution in [0, 0.1) is 0 Å². The molecule has 0 saturated carbocycles. The van der Waals surface area contributed by atoms with E-state index in [1.165, 1.54) is 56.1 Å². The van der Waals surface area contributed by atoms with Gasteiger partial charge in [0.25, 0.3) is 0 Å². The van der Waals surface area contributed by atoms with Crippen molar-refractivity contribution >= 4 is 15.9 Å². The van der Waals surface area contributed by atoms with Gasteiger partial charge in [0.15, 0.2) is 4.45 Å². The first-order valence-corrected chi connectivity index (χ1v) is 6.94. The lowest BCUT2D eigenvalue weighted by Gasteiger charge is -2.48. The summed E-state index contributed by atoms with van der Waals surface area (Å²) in [5.74, 6) is 0. The van der Waals surface area contributed by atoms with Crippen LogP contribution in [-0.4, -0.2) is 28.1 Å². The predicted molar refractivity (Wildman–Crippen MR) is 64.5 cm³/mol. The molecule has 3 atom stereocenters. The second-order valence-electron chi connectivity index (χ2n) is 5.43. The lowest BCUT2D eigenvalue weighted by atomic mass is 10.1. The molecular formula is C12H23BrN+. The molecular weight excluding hydrogens is 238 g/mol. The Kier molecular flexibility index (Phi) is 2.96. The van der Waals surface area contributed by atoms with Gasteiger partial charge in [-0.1, -0.05) is 0 Å². The van der Waals surface area contributed by atoms with E-state index in [0.717, 1.165) is 6.04 Å². The standard InChI is InChI=1S/C12H23BrN/c1-11-7-4-3-5-9-14(11)10-6-8-12(14,2)13/h11H,3-10H2,1-2H3/q+1. The molecule has 0 aromatic carbocycles. The van der Waals surface area contributed by atoms with Crippen LogP contribution in [-0.2, 0) is 0 Å². The number of halogens is 1. The Bertz CT molecular complexity index is 214. The summed E-state index contributed by atoms with van der Waals surface area (Å²) in [6.07, 6.45) is 8.54. The zero-order valence-electron chi connectivity index (χ0n) is 9.56. The summed E-state index contributed by atoms with van der Waals surface area (Å²) in [5.41, 5.74) is 0. The number of alkyl halides is 1. The zero-order chi connectivity index (χ0) is 10.2. The van der Waals surface area contributed by atoms with E-state index in [9.17, 15) is 0 Å². The first kappa shape index (κ1) is 10.9. The van der Waals surface area contributed by atoms with Crippen molar-refractivity contribution in [2.24, 2.45) is 0 Å². The first-order chi connectivity index (χ1) is 6.58. The summed E-state index contributed by atoms with van der Waals surface area (Å²) in [6.45, 7) is 7.70. The molecule has 0 N–H and O–H groups in total. The van der Waals surface area contributed by atoms with Gasteiger partial charge in [-0.15, -0.1) is 0 Å². The van der Waals surface area contributed by atoms with Gasteiger partial charge in [-0.3, -0.25) is 0 Å². The van der Waals surface area contributed by atoms with Crippen LogP contribution in [0.1, 0.15) is 52.4 Å². The van der Waals surface area contributed by atoms with E-state index < -0.39 is 0 Å². The number of nitrogens with zero attached hydrogens (tertiary/aromatic N) is 1. The number of quaternary nitrogens is 1. The van der Waals surface area contributed by atoms with Crippen molar-refractivity contribution in [2.45, 2.75) is 62.9 Å². The molecule has 2 saturated heterocycles. The highest BCUT2D eigenvalue weighted by molar-refractivity contribution is 9.10. The van der Waals surface area contributed by atoms with E-state index in [4.69, 9.17) is 0 Å². The van der Waals surface area contributed by atoms with Gasteiger partial charge in [-0.2, -0.15) is 0 Å². The number of hydrogen-bond acceptors (Lipinski definition) is 0. The fourth-order valence-corrected chi connectivity index (χ4v) is 4.63. The van der Waals surface area contributed by atoms with Crippen molar-refractivity contribution in [1.82, 2.24) is 0 Å². The van der Waals surface area contributed by atoms with Crippen molar-refractivity contribution in [3.63, 3.8) is 0 Å². The third-order valence-electron chi connectivity index (χ3n) is 4.64. The van der Waals surface area contributed by atoms with Gasteiger partial charge in [0, 0.05) is 19.8 Å². The Balaban J connectivity index is 2.26. The van der Waals surface area contributed by atoms with Crippen molar-refractivity contribution in [1.29, 1.82) is 0 Å². The topological polar surface area (TPSA) is 0 Å². The smallest absolute Gasteiger partial charge is 0.151 e. The van der Waals surface area contributed by atoms with E-state index in [-0.39, 0.29) is 0 Å². The largest absolute Gasteiger partial charge is 0.308 e. The van der Waals surface area contributed by atoms with E-state index in [2.05, 4.69) is 29.8 Å². The molecule has 2 heteroatoms. The maximum Gasteiger partial charge on any atom is 0.151 e. The van der Waals surface area contributed by atoms with Crippen LogP contribution in [0.25, 0.3) is 0 Å². The molecule has 1 spiro atoms. The fourth-order valence-electron chi connectivity index (χ4n) is 3.64. The van der Waals surface area contributed by atoms with Crippen LogP contribution >= 0.6 is 15.9 Å². The van der Waals surface area contributed by atoms with Gasteiger partial charge in [0.1, 0.15) is 0 Å². The minimum Gasteiger partial charge on any atom is -0.308 e. The predicted octanol–water partition coefficient (Wildman–Crippen LogP) is 3.67. The maximum absolute atomic E-state index is 4.01. The summed E-state index contributed by atoms with van der Waals surface area (Å²) in [7, 11) is 0. The lowest BCUT2D eigenvalue weighted by molar-refractivity contribution is -0.965. The van der Waals surface area contributed by atoms with Crippen LogP contribution in [0.5, 0.6) is 0 Å². The second kappa shape index (κ2) is 3.79. The summed E-state index contributed by atoms with van der Waals surface area (Å²) >= 11 is 4.01. The first-order valence-electron chi connectivity index (χ1n) is 6.14. The average Bonchev–Trinajstić information content (AvgIpc) is 2.31. The van der Waals surface area contributed by atoms with Crippen molar-refractivity contribution in [3.05, 3.63) is 0 Å². The van der Waals surface area contributed by atoms with Crippen molar-refractivity contribution in [2.75, 3.05) is 13.1 Å². The van der Waals surface area contributed by atoms with Crippen LogP contribution in [0.3, 0.4) is 0 Å². The molecule has 82 valence electrons. The zero-order valence-corrected chi connectivity index (χ0v) is 11.1. The van der Waals surface area contributed by atoms with Crippen LogP contribution in [0.15, 0.2) is 0 Å². The molecule has 3 unspecified atom stereocenters. The summed E-state index contributed by atoms with van der Waals surface area (Å²) < 4.78 is 1.73. The van der Waals surface area contributed by atoms with Crippen molar-refractivity contribution in [3.8, 4) is 0 Å². The SMILES string of the molecule is CC1CCCCC[N+]12CCCC2(C)Br. The summed E-state index contributed by atoms with van der Waals surface area (Å²) in [5, 5.41) is 0. The van der Waals surface area contributed by atoms with E-state index in [1.807, 2.05) is 0 Å². The molecule has 0 amide bonds. The highest BCUT2D eigenvalue weighted by Crippen LogP contribution is 2.46. The minimum absolute atomic E-state index is 0.372. The highest BCUT2D eigenvalue weighted by atomic mass is 79.9. The number of rotatable bonds is 0. The monoisotopic (exact) mass is 260 g/mol. The molecule has 2 heterocycles. The van der Waals surface area contributed by atoms with Gasteiger partial charge in [-0.25, -0.2) is 0 Å². The molecule has 0 aromatic heterocycles. The Labute approximate surface area is 96.6 Å².